The molecule has 3 rings (SSSR count). The van der Waals surface area contributed by atoms with Gasteiger partial charge in [-0.2, -0.15) is 0 Å². The Morgan fingerprint density at radius 3 is 2.79 bits per heavy atom. The second kappa shape index (κ2) is 7.81. The summed E-state index contributed by atoms with van der Waals surface area (Å²) in [5.41, 5.74) is 1.39. The number of ether oxygens (including phenoxy) is 1. The van der Waals surface area contributed by atoms with Crippen LogP contribution >= 0.6 is 11.6 Å². The summed E-state index contributed by atoms with van der Waals surface area (Å²) >= 11 is 5.89. The number of sulfone groups is 1. The van der Waals surface area contributed by atoms with E-state index in [1.807, 2.05) is 0 Å². The van der Waals surface area contributed by atoms with Gasteiger partial charge in [0.1, 0.15) is 5.75 Å². The largest absolute Gasteiger partial charge is 0.482 e. The smallest absolute Gasteiger partial charge is 0.262 e. The predicted octanol–water partition coefficient (Wildman–Crippen LogP) is 3.17. The summed E-state index contributed by atoms with van der Waals surface area (Å²) in [7, 11) is -3.79. The molecule has 148 valence electrons. The van der Waals surface area contributed by atoms with E-state index in [0.29, 0.717) is 27.7 Å². The zero-order valence-corrected chi connectivity index (χ0v) is 16.9. The first-order chi connectivity index (χ1) is 13.2. The third-order valence-corrected chi connectivity index (χ3v) is 6.84. The standard InChI is InChI=1S/C19H19ClN2O5S/c1-11-6-15-16(27-10-19(24)22-15)9-17(11)28(25,26)12(2)7-18(23)21-14-5-3-4-13(20)8-14/h3-6,8-9,12H,7,10H2,1-2H3,(H,21,23)(H,22,24)/t12-/m0/s1. The Bertz CT molecular complexity index is 1050. The van der Waals surface area contributed by atoms with Gasteiger partial charge in [-0.3, -0.25) is 9.59 Å². The molecule has 2 aromatic carbocycles. The lowest BCUT2D eigenvalue weighted by Crippen LogP contribution is -2.27. The lowest BCUT2D eigenvalue weighted by atomic mass is 10.2. The number of rotatable bonds is 5. The van der Waals surface area contributed by atoms with Crippen molar-refractivity contribution in [3.05, 3.63) is 47.0 Å². The van der Waals surface area contributed by atoms with Gasteiger partial charge in [0.2, 0.25) is 5.91 Å². The minimum absolute atomic E-state index is 0.0745. The summed E-state index contributed by atoms with van der Waals surface area (Å²) in [6.45, 7) is 2.94. The summed E-state index contributed by atoms with van der Waals surface area (Å²) in [6.07, 6.45) is -0.219. The molecule has 0 aliphatic carbocycles. The molecule has 0 bridgehead atoms. The van der Waals surface area contributed by atoms with E-state index in [9.17, 15) is 18.0 Å². The average Bonchev–Trinajstić information content (AvgIpc) is 2.60. The van der Waals surface area contributed by atoms with Crippen LogP contribution in [0.25, 0.3) is 0 Å². The monoisotopic (exact) mass is 422 g/mol. The average molecular weight is 423 g/mol. The third-order valence-electron chi connectivity index (χ3n) is 4.33. The van der Waals surface area contributed by atoms with Gasteiger partial charge in [-0.25, -0.2) is 8.42 Å². The van der Waals surface area contributed by atoms with E-state index in [2.05, 4.69) is 10.6 Å². The Balaban J connectivity index is 1.78. The van der Waals surface area contributed by atoms with Crippen molar-refractivity contribution in [2.75, 3.05) is 17.2 Å². The molecule has 7 nitrogen and oxygen atoms in total. The molecule has 0 aromatic heterocycles. The SMILES string of the molecule is Cc1cc2c(cc1S(=O)(=O)[C@@H](C)CC(=O)Nc1cccc(Cl)c1)OCC(=O)N2. The Kier molecular flexibility index (Phi) is 5.62. The minimum atomic E-state index is -3.79. The van der Waals surface area contributed by atoms with Gasteiger partial charge in [0, 0.05) is 23.2 Å². The van der Waals surface area contributed by atoms with Crippen LogP contribution < -0.4 is 15.4 Å². The van der Waals surface area contributed by atoms with Crippen LogP contribution in [0, 0.1) is 6.92 Å². The van der Waals surface area contributed by atoms with Crippen LogP contribution in [0.4, 0.5) is 11.4 Å². The van der Waals surface area contributed by atoms with Crippen molar-refractivity contribution < 1.29 is 22.7 Å². The molecule has 1 aliphatic heterocycles. The summed E-state index contributed by atoms with van der Waals surface area (Å²) in [4.78, 5) is 23.8. The number of aryl methyl sites for hydroxylation is 1. The fraction of sp³-hybridized carbons (Fsp3) is 0.263. The van der Waals surface area contributed by atoms with E-state index >= 15 is 0 Å². The zero-order chi connectivity index (χ0) is 20.5. The molecule has 0 saturated heterocycles. The number of halogens is 1. The first-order valence-corrected chi connectivity index (χ1v) is 10.5. The Morgan fingerprint density at radius 1 is 1.32 bits per heavy atom. The minimum Gasteiger partial charge on any atom is -0.482 e. The highest BCUT2D eigenvalue weighted by Crippen LogP contribution is 2.34. The predicted molar refractivity (Wildman–Crippen MR) is 107 cm³/mol. The van der Waals surface area contributed by atoms with Crippen molar-refractivity contribution in [2.24, 2.45) is 0 Å². The van der Waals surface area contributed by atoms with Crippen LogP contribution in [0.15, 0.2) is 41.3 Å². The molecule has 0 saturated carbocycles. The molecule has 2 aromatic rings. The topological polar surface area (TPSA) is 102 Å². The molecular formula is C19H19ClN2O5S. The van der Waals surface area contributed by atoms with Crippen molar-refractivity contribution in [3.63, 3.8) is 0 Å². The third kappa shape index (κ3) is 4.28. The van der Waals surface area contributed by atoms with E-state index in [-0.39, 0.29) is 23.8 Å². The van der Waals surface area contributed by atoms with Crippen molar-refractivity contribution in [3.8, 4) is 5.75 Å². The van der Waals surface area contributed by atoms with E-state index < -0.39 is 21.0 Å². The van der Waals surface area contributed by atoms with Gasteiger partial charge in [-0.1, -0.05) is 17.7 Å². The molecule has 2 N–H and O–H groups in total. The molecule has 0 fully saturated rings. The molecule has 9 heteroatoms. The highest BCUT2D eigenvalue weighted by atomic mass is 35.5. The van der Waals surface area contributed by atoms with Crippen LogP contribution in [-0.4, -0.2) is 32.1 Å². The molecule has 28 heavy (non-hydrogen) atoms. The number of amides is 2. The van der Waals surface area contributed by atoms with E-state index in [4.69, 9.17) is 16.3 Å². The summed E-state index contributed by atoms with van der Waals surface area (Å²) in [5, 5.41) is 4.80. The summed E-state index contributed by atoms with van der Waals surface area (Å²) in [6, 6.07) is 9.56. The number of nitrogens with one attached hydrogen (secondary N) is 2. The van der Waals surface area contributed by atoms with Crippen LogP contribution in [0.2, 0.25) is 5.02 Å². The van der Waals surface area contributed by atoms with Gasteiger partial charge in [0.05, 0.1) is 15.8 Å². The second-order valence-electron chi connectivity index (χ2n) is 6.57. The number of benzene rings is 2. The lowest BCUT2D eigenvalue weighted by molar-refractivity contribution is -0.118. The van der Waals surface area contributed by atoms with Gasteiger partial charge in [-0.05, 0) is 43.7 Å². The molecule has 1 aliphatic rings. The van der Waals surface area contributed by atoms with Gasteiger partial charge in [0.25, 0.3) is 5.91 Å². The number of hydrogen-bond acceptors (Lipinski definition) is 5. The van der Waals surface area contributed by atoms with Crippen LogP contribution in [0.3, 0.4) is 0 Å². The van der Waals surface area contributed by atoms with E-state index in [0.717, 1.165) is 0 Å². The van der Waals surface area contributed by atoms with Crippen LogP contribution in [0.1, 0.15) is 18.9 Å². The fourth-order valence-electron chi connectivity index (χ4n) is 2.89. The Labute approximate surface area is 168 Å². The molecule has 0 spiro atoms. The fourth-order valence-corrected chi connectivity index (χ4v) is 4.66. The van der Waals surface area contributed by atoms with Crippen LogP contribution in [-0.2, 0) is 19.4 Å². The van der Waals surface area contributed by atoms with Gasteiger partial charge in [0.15, 0.2) is 16.4 Å². The summed E-state index contributed by atoms with van der Waals surface area (Å²) in [5.74, 6) is -0.439. The van der Waals surface area contributed by atoms with Gasteiger partial charge in [-0.15, -0.1) is 0 Å². The lowest BCUT2D eigenvalue weighted by Gasteiger charge is -2.21. The number of carbonyl (C=O) groups is 2. The van der Waals surface area contributed by atoms with Gasteiger partial charge >= 0.3 is 0 Å². The normalized spacial score (nSPS) is 14.5. The van der Waals surface area contributed by atoms with Crippen molar-refractivity contribution >= 4 is 44.6 Å². The molecule has 2 amide bonds. The van der Waals surface area contributed by atoms with E-state index in [1.165, 1.54) is 13.0 Å². The number of carbonyl (C=O) groups excluding carboxylic acids is 2. The first-order valence-electron chi connectivity index (χ1n) is 8.53. The maximum atomic E-state index is 13.0. The maximum absolute atomic E-state index is 13.0. The van der Waals surface area contributed by atoms with Crippen LogP contribution in [0.5, 0.6) is 5.75 Å². The second-order valence-corrected chi connectivity index (χ2v) is 9.34. The number of hydrogen-bond donors (Lipinski definition) is 2. The number of anilines is 2. The zero-order valence-electron chi connectivity index (χ0n) is 15.3. The van der Waals surface area contributed by atoms with Gasteiger partial charge < -0.3 is 15.4 Å². The highest BCUT2D eigenvalue weighted by Gasteiger charge is 2.29. The van der Waals surface area contributed by atoms with Crippen molar-refractivity contribution in [2.45, 2.75) is 30.4 Å². The molecule has 0 radical (unpaired) electrons. The highest BCUT2D eigenvalue weighted by molar-refractivity contribution is 7.92. The van der Waals surface area contributed by atoms with Crippen molar-refractivity contribution in [1.82, 2.24) is 0 Å². The number of fused-ring (bicyclic) bond motifs is 1. The Morgan fingerprint density at radius 2 is 2.07 bits per heavy atom. The van der Waals surface area contributed by atoms with E-state index in [1.54, 1.807) is 37.3 Å². The molecule has 0 unspecified atom stereocenters. The molecular weight excluding hydrogens is 404 g/mol. The molecule has 1 atom stereocenters. The van der Waals surface area contributed by atoms with Crippen molar-refractivity contribution in [1.29, 1.82) is 0 Å². The first kappa shape index (κ1) is 20.2. The maximum Gasteiger partial charge on any atom is 0.262 e. The summed E-state index contributed by atoms with van der Waals surface area (Å²) < 4.78 is 31.3. The quantitative estimate of drug-likeness (QED) is 0.770. The molecule has 1 heterocycles. The Hall–Kier alpha value is -2.58.